The Hall–Kier alpha value is 2.76. The Morgan fingerprint density at radius 1 is 1.25 bits per heavy atom. The van der Waals surface area contributed by atoms with Gasteiger partial charge in [-0.15, -0.1) is 0 Å². The Balaban J connectivity index is 0. The van der Waals surface area contributed by atoms with E-state index in [9.17, 15) is 0 Å². The van der Waals surface area contributed by atoms with Crippen molar-refractivity contribution < 1.29 is 28.1 Å². The van der Waals surface area contributed by atoms with Crippen LogP contribution in [0.25, 0.3) is 0 Å². The van der Waals surface area contributed by atoms with Crippen LogP contribution in [-0.4, -0.2) is 39.2 Å². The first kappa shape index (κ1) is 9.90. The van der Waals surface area contributed by atoms with E-state index in [-0.39, 0.29) is 21.1 Å². The predicted molar refractivity (Wildman–Crippen MR) is 11.5 cm³/mol. The molecule has 0 aliphatic heterocycles. The van der Waals surface area contributed by atoms with Gasteiger partial charge in [0, 0.05) is 21.1 Å². The van der Waals surface area contributed by atoms with Gasteiger partial charge in [-0.3, -0.25) is 0 Å². The Bertz CT molecular complexity index is 27.0. The molecule has 0 atom stereocenters. The van der Waals surface area contributed by atoms with E-state index in [4.69, 9.17) is 0 Å². The van der Waals surface area contributed by atoms with Crippen molar-refractivity contribution in [3.05, 3.63) is 0 Å². The largest absolute Gasteiger partial charge is 0 e. The minimum Gasteiger partial charge on any atom is 0 e. The van der Waals surface area contributed by atoms with Crippen LogP contribution in [0.2, 0.25) is 0 Å². The van der Waals surface area contributed by atoms with Gasteiger partial charge < -0.3 is 0 Å². The Labute approximate surface area is 66.0 Å². The predicted octanol–water partition coefficient (Wildman–Crippen LogP) is -0.767. The molecule has 0 aromatic carbocycles. The molecule has 0 unspecified atom stereocenters. The van der Waals surface area contributed by atoms with Gasteiger partial charge in [0.25, 0.3) is 0 Å². The molecule has 0 rings (SSSR count). The second kappa shape index (κ2) is 9.23. The van der Waals surface area contributed by atoms with E-state index in [2.05, 4.69) is 0 Å². The normalized spacial score (nSPS) is 5.00. The van der Waals surface area contributed by atoms with Gasteiger partial charge in [-0.05, 0) is 0 Å². The van der Waals surface area contributed by atoms with E-state index >= 15 is 0 Å². The zero-order valence-electron chi connectivity index (χ0n) is 1.54. The molecule has 0 aliphatic carbocycles. The van der Waals surface area contributed by atoms with E-state index in [1.54, 1.807) is 7.08 Å². The average molecular weight is 498 g/mol. The Morgan fingerprint density at radius 2 is 1.25 bits per heavy atom. The van der Waals surface area contributed by atoms with E-state index in [1.807, 2.05) is 39.2 Å². The smallest absolute Gasteiger partial charge is 0 e. The maximum Gasteiger partial charge on any atom is 0 e. The van der Waals surface area contributed by atoms with Crippen LogP contribution in [0.4, 0.5) is 0 Å². The molecule has 0 aromatic heterocycles. The SMILES string of the molecule is [Te]=[Ni]=[Te].[W]. The summed E-state index contributed by atoms with van der Waals surface area (Å²) >= 11 is 4.03. The van der Waals surface area contributed by atoms with E-state index in [1.165, 1.54) is 0 Å². The second-order valence-electron chi connectivity index (χ2n) is 0.0527. The standard InChI is InChI=1S/Ni.2Te.W. The fourth-order valence-electron chi connectivity index (χ4n) is 0. The molecule has 0 aromatic rings. The van der Waals surface area contributed by atoms with Crippen LogP contribution in [0.15, 0.2) is 0 Å². The number of rotatable bonds is 0. The molecule has 0 fully saturated rings. The van der Waals surface area contributed by atoms with Crippen molar-refractivity contribution in [2.75, 3.05) is 0 Å². The summed E-state index contributed by atoms with van der Waals surface area (Å²) in [7, 11) is 1.64. The van der Waals surface area contributed by atoms with Crippen LogP contribution in [0.3, 0.4) is 0 Å². The monoisotopic (exact) mass is 502 g/mol. The van der Waals surface area contributed by atoms with E-state index in [0.717, 1.165) is 0 Å². The maximum atomic E-state index is 2.01. The first-order valence-corrected chi connectivity index (χ1v) is 7.14. The quantitative estimate of drug-likeness (QED) is 0.386. The molecule has 0 radical (unpaired) electrons. The Kier molecular flexibility index (Phi) is 22.8. The van der Waals surface area contributed by atoms with Crippen molar-refractivity contribution in [3.8, 4) is 0 Å². The summed E-state index contributed by atoms with van der Waals surface area (Å²) in [5.41, 5.74) is 0. The molecule has 0 amide bonds. The molecule has 4 heavy (non-hydrogen) atoms. The van der Waals surface area contributed by atoms with E-state index < -0.39 is 0 Å². The van der Waals surface area contributed by atoms with Crippen LogP contribution in [0.1, 0.15) is 0 Å². The van der Waals surface area contributed by atoms with Gasteiger partial charge in [0.2, 0.25) is 0 Å². The summed E-state index contributed by atoms with van der Waals surface area (Å²) in [4.78, 5) is 0. The summed E-state index contributed by atoms with van der Waals surface area (Å²) in [5.74, 6) is 0. The molecule has 0 saturated carbocycles. The van der Waals surface area contributed by atoms with Crippen molar-refractivity contribution in [2.24, 2.45) is 0 Å². The molecule has 0 bridgehead atoms. The summed E-state index contributed by atoms with van der Waals surface area (Å²) in [5, 5.41) is 0. The summed E-state index contributed by atoms with van der Waals surface area (Å²) in [6, 6.07) is 0. The molecular weight excluding hydrogens is 498 g/mol. The molecule has 0 aliphatic rings. The third-order valence-electron chi connectivity index (χ3n) is 0. The van der Waals surface area contributed by atoms with Crippen LogP contribution in [0, 0.1) is 0 Å². The minimum atomic E-state index is 0. The Morgan fingerprint density at radius 3 is 1.25 bits per heavy atom. The van der Waals surface area contributed by atoms with Gasteiger partial charge in [-0.1, -0.05) is 0 Å². The van der Waals surface area contributed by atoms with Gasteiger partial charge in [0.05, 0.1) is 0 Å². The van der Waals surface area contributed by atoms with Gasteiger partial charge in [-0.2, -0.15) is 0 Å². The van der Waals surface area contributed by atoms with Crippen molar-refractivity contribution in [3.63, 3.8) is 0 Å². The van der Waals surface area contributed by atoms with Gasteiger partial charge in [-0.25, -0.2) is 0 Å². The minimum absolute atomic E-state index is 0. The molecule has 4 heteroatoms. The molecule has 0 nitrogen and oxygen atoms in total. The van der Waals surface area contributed by atoms with Gasteiger partial charge >= 0.3 is 46.3 Å². The third kappa shape index (κ3) is 8.83. The van der Waals surface area contributed by atoms with Crippen LogP contribution < -0.4 is 0 Å². The molecule has 0 N–H and O–H groups in total. The molecular formula is NiTe2W. The zero-order chi connectivity index (χ0) is 2.71. The topological polar surface area (TPSA) is 0 Å². The van der Waals surface area contributed by atoms with Crippen molar-refractivity contribution >= 4 is 39.2 Å². The molecule has 28 valence electrons. The van der Waals surface area contributed by atoms with Crippen LogP contribution in [0.5, 0.6) is 0 Å². The summed E-state index contributed by atoms with van der Waals surface area (Å²) < 4.78 is 0. The fourth-order valence-corrected chi connectivity index (χ4v) is 0. The summed E-state index contributed by atoms with van der Waals surface area (Å²) in [6.07, 6.45) is 0. The maximum absolute atomic E-state index is 2.01. The summed E-state index contributed by atoms with van der Waals surface area (Å²) in [6.45, 7) is 0. The molecule has 0 heterocycles. The first-order valence-electron chi connectivity index (χ1n) is 0.258. The number of hydrogen-bond acceptors (Lipinski definition) is 0. The average Bonchev–Trinajstić information content (AvgIpc) is 0.918. The van der Waals surface area contributed by atoms with Crippen molar-refractivity contribution in [2.45, 2.75) is 0 Å². The molecule has 0 saturated heterocycles. The van der Waals surface area contributed by atoms with Crippen molar-refractivity contribution in [1.82, 2.24) is 0 Å². The fraction of sp³-hybridized carbons (Fsp3) is 0. The third-order valence-corrected chi connectivity index (χ3v) is 0. The number of hydrogen-bond donors (Lipinski definition) is 0. The van der Waals surface area contributed by atoms with Crippen LogP contribution >= 0.6 is 0 Å². The van der Waals surface area contributed by atoms with Crippen LogP contribution in [-0.2, 0) is 28.1 Å². The van der Waals surface area contributed by atoms with Crippen molar-refractivity contribution in [1.29, 1.82) is 0 Å². The zero-order valence-corrected chi connectivity index (χ0v) is 10.1. The second-order valence-corrected chi connectivity index (χ2v) is 9.78. The first-order chi connectivity index (χ1) is 1.41. The van der Waals surface area contributed by atoms with Gasteiger partial charge in [0.1, 0.15) is 0 Å². The van der Waals surface area contributed by atoms with E-state index in [0.29, 0.717) is 0 Å². The van der Waals surface area contributed by atoms with Gasteiger partial charge in [0.15, 0.2) is 0 Å². The molecule has 0 spiro atoms.